The lowest BCUT2D eigenvalue weighted by Crippen LogP contribution is -2.23. The maximum absolute atomic E-state index is 11.6. The maximum Gasteiger partial charge on any atom is 0.342 e. The third kappa shape index (κ3) is 1.50. The fourth-order valence-electron chi connectivity index (χ4n) is 1.65. The number of rotatable bonds is 2. The molecular formula is C11H11NO4. The summed E-state index contributed by atoms with van der Waals surface area (Å²) in [5, 5.41) is 11.7. The van der Waals surface area contributed by atoms with Crippen molar-refractivity contribution in [3.8, 4) is 0 Å². The highest BCUT2D eigenvalue weighted by molar-refractivity contribution is 6.03. The van der Waals surface area contributed by atoms with E-state index in [1.165, 1.54) is 25.6 Å². The van der Waals surface area contributed by atoms with E-state index in [9.17, 15) is 10.0 Å². The number of furan rings is 1. The average molecular weight is 221 g/mol. The molecular weight excluding hydrogens is 210 g/mol. The SMILES string of the molecule is CCc1oc2cc[n+]([O-])cc2c1C(=O)OC. The summed E-state index contributed by atoms with van der Waals surface area (Å²) >= 11 is 0. The first-order chi connectivity index (χ1) is 7.67. The molecule has 0 bridgehead atoms. The van der Waals surface area contributed by atoms with Crippen LogP contribution >= 0.6 is 0 Å². The van der Waals surface area contributed by atoms with Gasteiger partial charge in [-0.25, -0.2) is 4.79 Å². The third-order valence-corrected chi connectivity index (χ3v) is 2.39. The predicted octanol–water partition coefficient (Wildman–Crippen LogP) is 1.42. The maximum atomic E-state index is 11.6. The summed E-state index contributed by atoms with van der Waals surface area (Å²) in [5.74, 6) is 0.0508. The lowest BCUT2D eigenvalue weighted by atomic mass is 10.1. The Balaban J connectivity index is 2.75. The Morgan fingerprint density at radius 2 is 2.38 bits per heavy atom. The fourth-order valence-corrected chi connectivity index (χ4v) is 1.65. The van der Waals surface area contributed by atoms with E-state index in [2.05, 4.69) is 4.74 Å². The normalized spacial score (nSPS) is 10.6. The minimum atomic E-state index is -0.484. The standard InChI is InChI=1S/C11H11NO4/c1-3-8-10(11(13)15-2)7-6-12(14)5-4-9(7)16-8/h4-6H,3H2,1-2H3. The average Bonchev–Trinajstić information content (AvgIpc) is 2.65. The molecule has 0 radical (unpaired) electrons. The summed E-state index contributed by atoms with van der Waals surface area (Å²) in [4.78, 5) is 11.6. The number of aryl methyl sites for hydroxylation is 1. The van der Waals surface area contributed by atoms with E-state index in [0.717, 1.165) is 0 Å². The molecule has 2 aromatic rings. The third-order valence-electron chi connectivity index (χ3n) is 2.39. The van der Waals surface area contributed by atoms with E-state index in [4.69, 9.17) is 4.42 Å². The lowest BCUT2D eigenvalue weighted by Gasteiger charge is -1.98. The van der Waals surface area contributed by atoms with E-state index >= 15 is 0 Å². The molecule has 16 heavy (non-hydrogen) atoms. The fraction of sp³-hybridized carbons (Fsp3) is 0.273. The Hall–Kier alpha value is -2.04. The number of ether oxygens (including phenoxy) is 1. The highest BCUT2D eigenvalue weighted by Gasteiger charge is 2.22. The summed E-state index contributed by atoms with van der Waals surface area (Å²) in [5.41, 5.74) is 0.856. The van der Waals surface area contributed by atoms with Crippen LogP contribution in [0.1, 0.15) is 23.0 Å². The van der Waals surface area contributed by atoms with Crippen molar-refractivity contribution in [2.45, 2.75) is 13.3 Å². The molecule has 2 rings (SSSR count). The van der Waals surface area contributed by atoms with Gasteiger partial charge in [0.2, 0.25) is 0 Å². The van der Waals surface area contributed by atoms with Crippen LogP contribution in [0, 0.1) is 5.21 Å². The van der Waals surface area contributed by atoms with Gasteiger partial charge in [0.05, 0.1) is 7.11 Å². The second-order valence-corrected chi connectivity index (χ2v) is 3.33. The number of aromatic nitrogens is 1. The Bertz CT molecular complexity index is 544. The number of methoxy groups -OCH3 is 1. The molecule has 5 heteroatoms. The molecule has 0 aliphatic heterocycles. The van der Waals surface area contributed by atoms with E-state index in [1.54, 1.807) is 0 Å². The molecule has 2 aromatic heterocycles. The molecule has 2 heterocycles. The highest BCUT2D eigenvalue weighted by Crippen LogP contribution is 2.25. The summed E-state index contributed by atoms with van der Waals surface area (Å²) in [7, 11) is 1.30. The van der Waals surface area contributed by atoms with Crippen LogP contribution in [0.5, 0.6) is 0 Å². The van der Waals surface area contributed by atoms with Crippen molar-refractivity contribution >= 4 is 16.9 Å². The predicted molar refractivity (Wildman–Crippen MR) is 55.9 cm³/mol. The summed E-state index contributed by atoms with van der Waals surface area (Å²) in [6.45, 7) is 1.87. The summed E-state index contributed by atoms with van der Waals surface area (Å²) < 4.78 is 10.8. The van der Waals surface area contributed by atoms with Gasteiger partial charge in [-0.15, -0.1) is 0 Å². The number of hydrogen-bond donors (Lipinski definition) is 0. The molecule has 0 saturated carbocycles. The van der Waals surface area contributed by atoms with Gasteiger partial charge in [-0.1, -0.05) is 6.92 Å². The van der Waals surface area contributed by atoms with Gasteiger partial charge in [-0.3, -0.25) is 0 Å². The van der Waals surface area contributed by atoms with E-state index in [-0.39, 0.29) is 0 Å². The van der Waals surface area contributed by atoms with Gasteiger partial charge in [-0.05, 0) is 0 Å². The molecule has 0 unspecified atom stereocenters. The minimum Gasteiger partial charge on any atom is -0.619 e. The molecule has 0 aromatic carbocycles. The van der Waals surface area contributed by atoms with Crippen molar-refractivity contribution in [1.29, 1.82) is 0 Å². The van der Waals surface area contributed by atoms with Gasteiger partial charge in [-0.2, -0.15) is 4.73 Å². The zero-order valence-electron chi connectivity index (χ0n) is 9.02. The number of carbonyl (C=O) groups excluding carboxylic acids is 1. The van der Waals surface area contributed by atoms with Crippen LogP contribution in [0.3, 0.4) is 0 Å². The highest BCUT2D eigenvalue weighted by atomic mass is 16.5. The second-order valence-electron chi connectivity index (χ2n) is 3.33. The van der Waals surface area contributed by atoms with Crippen molar-refractivity contribution in [3.05, 3.63) is 35.0 Å². The molecule has 0 atom stereocenters. The molecule has 0 N–H and O–H groups in total. The number of fused-ring (bicyclic) bond motifs is 1. The number of esters is 1. The van der Waals surface area contributed by atoms with Crippen molar-refractivity contribution in [2.24, 2.45) is 0 Å². The van der Waals surface area contributed by atoms with Crippen molar-refractivity contribution in [3.63, 3.8) is 0 Å². The van der Waals surface area contributed by atoms with Crippen LogP contribution in [-0.2, 0) is 11.2 Å². The quantitative estimate of drug-likeness (QED) is 0.437. The molecule has 0 saturated heterocycles. The zero-order chi connectivity index (χ0) is 11.7. The smallest absolute Gasteiger partial charge is 0.342 e. The van der Waals surface area contributed by atoms with Gasteiger partial charge in [0.1, 0.15) is 22.3 Å². The Morgan fingerprint density at radius 3 is 3.00 bits per heavy atom. The molecule has 0 fully saturated rings. The van der Waals surface area contributed by atoms with Crippen LogP contribution in [0.2, 0.25) is 0 Å². The minimum absolute atomic E-state index is 0.338. The number of hydrogen-bond acceptors (Lipinski definition) is 4. The van der Waals surface area contributed by atoms with Crippen molar-refractivity contribution in [2.75, 3.05) is 7.11 Å². The molecule has 5 nitrogen and oxygen atoms in total. The van der Waals surface area contributed by atoms with Crippen molar-refractivity contribution < 1.29 is 18.7 Å². The van der Waals surface area contributed by atoms with Gasteiger partial charge >= 0.3 is 5.97 Å². The Kier molecular flexibility index (Phi) is 2.52. The Morgan fingerprint density at radius 1 is 1.62 bits per heavy atom. The van der Waals surface area contributed by atoms with E-state index in [0.29, 0.717) is 33.4 Å². The molecule has 0 aliphatic carbocycles. The number of pyridine rings is 1. The monoisotopic (exact) mass is 221 g/mol. The van der Waals surface area contributed by atoms with Crippen molar-refractivity contribution in [1.82, 2.24) is 0 Å². The lowest BCUT2D eigenvalue weighted by molar-refractivity contribution is -0.603. The van der Waals surface area contributed by atoms with Crippen LogP contribution in [-0.4, -0.2) is 13.1 Å². The van der Waals surface area contributed by atoms with Gasteiger partial charge < -0.3 is 14.4 Å². The van der Waals surface area contributed by atoms with Gasteiger partial charge in [0, 0.05) is 12.5 Å². The molecule has 84 valence electrons. The van der Waals surface area contributed by atoms with Gasteiger partial charge in [0.15, 0.2) is 12.4 Å². The summed E-state index contributed by atoms with van der Waals surface area (Å²) in [6, 6.07) is 1.54. The van der Waals surface area contributed by atoms with Crippen LogP contribution in [0.25, 0.3) is 11.0 Å². The molecule has 0 amide bonds. The first-order valence-electron chi connectivity index (χ1n) is 4.90. The number of nitrogens with zero attached hydrogens (tertiary/aromatic N) is 1. The number of carbonyl (C=O) groups is 1. The zero-order valence-corrected chi connectivity index (χ0v) is 9.02. The van der Waals surface area contributed by atoms with Gasteiger partial charge in [0.25, 0.3) is 0 Å². The van der Waals surface area contributed by atoms with E-state index < -0.39 is 5.97 Å². The van der Waals surface area contributed by atoms with E-state index in [1.807, 2.05) is 6.92 Å². The second kappa shape index (κ2) is 3.84. The summed E-state index contributed by atoms with van der Waals surface area (Å²) in [6.07, 6.45) is 3.20. The van der Waals surface area contributed by atoms with Crippen LogP contribution < -0.4 is 4.73 Å². The Labute approximate surface area is 91.8 Å². The topological polar surface area (TPSA) is 66.4 Å². The van der Waals surface area contributed by atoms with Crippen LogP contribution in [0.15, 0.2) is 22.9 Å². The van der Waals surface area contributed by atoms with Crippen LogP contribution in [0.4, 0.5) is 0 Å². The first-order valence-corrected chi connectivity index (χ1v) is 4.90. The largest absolute Gasteiger partial charge is 0.619 e. The molecule has 0 aliphatic rings. The molecule has 0 spiro atoms. The first kappa shape index (κ1) is 10.5.